The Labute approximate surface area is 128 Å². The molecule has 1 aliphatic carbocycles. The molecule has 0 aromatic heterocycles. The minimum absolute atomic E-state index is 0.0380. The van der Waals surface area contributed by atoms with Gasteiger partial charge < -0.3 is 15.4 Å². The number of amides is 1. The summed E-state index contributed by atoms with van der Waals surface area (Å²) in [6, 6.07) is 7.56. The van der Waals surface area contributed by atoms with E-state index in [9.17, 15) is 4.79 Å². The highest BCUT2D eigenvalue weighted by Crippen LogP contribution is 2.20. The molecule has 0 heterocycles. The molecule has 0 unspecified atom stereocenters. The SMILES string of the molecule is O=C(CNCCOC1CCCC1)Nc1cccc(Br)c1. The predicted molar refractivity (Wildman–Crippen MR) is 83.8 cm³/mol. The van der Waals surface area contributed by atoms with Crippen molar-refractivity contribution in [3.8, 4) is 0 Å². The van der Waals surface area contributed by atoms with Gasteiger partial charge in [0.2, 0.25) is 5.91 Å². The minimum atomic E-state index is -0.0380. The lowest BCUT2D eigenvalue weighted by atomic mass is 10.3. The van der Waals surface area contributed by atoms with E-state index >= 15 is 0 Å². The monoisotopic (exact) mass is 340 g/mol. The molecule has 1 aromatic carbocycles. The van der Waals surface area contributed by atoms with Crippen LogP contribution in [-0.4, -0.2) is 31.7 Å². The Morgan fingerprint density at radius 3 is 2.90 bits per heavy atom. The summed E-state index contributed by atoms with van der Waals surface area (Å²) in [7, 11) is 0. The molecule has 20 heavy (non-hydrogen) atoms. The van der Waals surface area contributed by atoms with Crippen LogP contribution in [0.15, 0.2) is 28.7 Å². The number of halogens is 1. The number of hydrogen-bond acceptors (Lipinski definition) is 3. The first-order chi connectivity index (χ1) is 9.74. The highest BCUT2D eigenvalue weighted by molar-refractivity contribution is 9.10. The number of hydrogen-bond donors (Lipinski definition) is 2. The summed E-state index contributed by atoms with van der Waals surface area (Å²) in [4.78, 5) is 11.7. The van der Waals surface area contributed by atoms with Crippen LogP contribution in [-0.2, 0) is 9.53 Å². The van der Waals surface area contributed by atoms with E-state index in [2.05, 4.69) is 26.6 Å². The molecule has 1 aromatic rings. The van der Waals surface area contributed by atoms with Gasteiger partial charge in [0.15, 0.2) is 0 Å². The first kappa shape index (κ1) is 15.5. The normalized spacial score (nSPS) is 15.4. The van der Waals surface area contributed by atoms with E-state index in [1.165, 1.54) is 25.7 Å². The van der Waals surface area contributed by atoms with Crippen LogP contribution in [0, 0.1) is 0 Å². The van der Waals surface area contributed by atoms with Crippen molar-refractivity contribution in [2.24, 2.45) is 0 Å². The second kappa shape index (κ2) is 8.39. The predicted octanol–water partition coefficient (Wildman–Crippen LogP) is 2.94. The average Bonchev–Trinajstić information content (AvgIpc) is 2.91. The summed E-state index contributed by atoms with van der Waals surface area (Å²) in [5, 5.41) is 5.94. The first-order valence-corrected chi connectivity index (χ1v) is 7.91. The molecule has 0 aliphatic heterocycles. The Kier molecular flexibility index (Phi) is 6.50. The molecule has 0 saturated heterocycles. The van der Waals surface area contributed by atoms with E-state index in [1.54, 1.807) is 0 Å². The number of nitrogens with one attached hydrogen (secondary N) is 2. The number of anilines is 1. The maximum atomic E-state index is 11.7. The lowest BCUT2D eigenvalue weighted by Gasteiger charge is -2.11. The van der Waals surface area contributed by atoms with Crippen molar-refractivity contribution >= 4 is 27.5 Å². The van der Waals surface area contributed by atoms with Crippen LogP contribution in [0.25, 0.3) is 0 Å². The second-order valence-corrected chi connectivity index (χ2v) is 5.93. The van der Waals surface area contributed by atoms with Gasteiger partial charge >= 0.3 is 0 Å². The molecule has 4 nitrogen and oxygen atoms in total. The average molecular weight is 341 g/mol. The molecule has 1 saturated carbocycles. The number of benzene rings is 1. The fraction of sp³-hybridized carbons (Fsp3) is 0.533. The molecule has 2 N–H and O–H groups in total. The third-order valence-electron chi connectivity index (χ3n) is 3.33. The van der Waals surface area contributed by atoms with E-state index in [-0.39, 0.29) is 5.91 Å². The molecule has 0 spiro atoms. The highest BCUT2D eigenvalue weighted by Gasteiger charge is 2.14. The third kappa shape index (κ3) is 5.61. The van der Waals surface area contributed by atoms with Crippen molar-refractivity contribution in [1.82, 2.24) is 5.32 Å². The Hall–Kier alpha value is -0.910. The van der Waals surface area contributed by atoms with E-state index < -0.39 is 0 Å². The van der Waals surface area contributed by atoms with Crippen molar-refractivity contribution in [2.75, 3.05) is 25.0 Å². The minimum Gasteiger partial charge on any atom is -0.377 e. The standard InChI is InChI=1S/C15H21BrN2O2/c16-12-4-3-5-13(10-12)18-15(19)11-17-8-9-20-14-6-1-2-7-14/h3-5,10,14,17H,1-2,6-9,11H2,(H,18,19). The summed E-state index contributed by atoms with van der Waals surface area (Å²) >= 11 is 3.37. The number of carbonyl (C=O) groups excluding carboxylic acids is 1. The van der Waals surface area contributed by atoms with Crippen LogP contribution in [0.1, 0.15) is 25.7 Å². The number of ether oxygens (including phenoxy) is 1. The molecule has 2 rings (SSSR count). The van der Waals surface area contributed by atoms with Crippen LogP contribution in [0.4, 0.5) is 5.69 Å². The van der Waals surface area contributed by atoms with Crippen molar-refractivity contribution in [2.45, 2.75) is 31.8 Å². The smallest absolute Gasteiger partial charge is 0.238 e. The van der Waals surface area contributed by atoms with Crippen molar-refractivity contribution < 1.29 is 9.53 Å². The van der Waals surface area contributed by atoms with Gasteiger partial charge in [-0.2, -0.15) is 0 Å². The Balaban J connectivity index is 1.55. The molecule has 1 fully saturated rings. The first-order valence-electron chi connectivity index (χ1n) is 7.12. The third-order valence-corrected chi connectivity index (χ3v) is 3.82. The van der Waals surface area contributed by atoms with Crippen LogP contribution in [0.2, 0.25) is 0 Å². The Morgan fingerprint density at radius 1 is 1.35 bits per heavy atom. The maximum Gasteiger partial charge on any atom is 0.238 e. The Bertz CT molecular complexity index is 434. The summed E-state index contributed by atoms with van der Waals surface area (Å²) in [5.41, 5.74) is 0.799. The van der Waals surface area contributed by atoms with Crippen molar-refractivity contribution in [3.63, 3.8) is 0 Å². The van der Waals surface area contributed by atoms with E-state index in [0.717, 1.165) is 10.2 Å². The molecule has 1 aliphatic rings. The van der Waals surface area contributed by atoms with E-state index in [1.807, 2.05) is 24.3 Å². The summed E-state index contributed by atoms with van der Waals surface area (Å²) in [6.45, 7) is 1.69. The van der Waals surface area contributed by atoms with Crippen LogP contribution in [0.5, 0.6) is 0 Å². The molecular weight excluding hydrogens is 320 g/mol. The summed E-state index contributed by atoms with van der Waals surface area (Å²) in [6.07, 6.45) is 5.37. The van der Waals surface area contributed by atoms with Gasteiger partial charge in [-0.15, -0.1) is 0 Å². The van der Waals surface area contributed by atoms with Crippen LogP contribution < -0.4 is 10.6 Å². The van der Waals surface area contributed by atoms with Crippen molar-refractivity contribution in [1.29, 1.82) is 0 Å². The Morgan fingerprint density at radius 2 is 2.15 bits per heavy atom. The zero-order valence-corrected chi connectivity index (χ0v) is 13.1. The second-order valence-electron chi connectivity index (χ2n) is 5.01. The van der Waals surface area contributed by atoms with Crippen LogP contribution in [0.3, 0.4) is 0 Å². The molecule has 0 atom stereocenters. The lowest BCUT2D eigenvalue weighted by molar-refractivity contribution is -0.115. The molecule has 0 bridgehead atoms. The maximum absolute atomic E-state index is 11.7. The summed E-state index contributed by atoms with van der Waals surface area (Å²) in [5.74, 6) is -0.0380. The quantitative estimate of drug-likeness (QED) is 0.750. The fourth-order valence-corrected chi connectivity index (χ4v) is 2.73. The van der Waals surface area contributed by atoms with E-state index in [0.29, 0.717) is 25.8 Å². The van der Waals surface area contributed by atoms with Gasteiger partial charge in [-0.1, -0.05) is 34.8 Å². The molecule has 0 radical (unpaired) electrons. The zero-order chi connectivity index (χ0) is 14.2. The molecular formula is C15H21BrN2O2. The van der Waals surface area contributed by atoms with Gasteiger partial charge in [0.1, 0.15) is 0 Å². The van der Waals surface area contributed by atoms with E-state index in [4.69, 9.17) is 4.74 Å². The van der Waals surface area contributed by atoms with Gasteiger partial charge in [0.25, 0.3) is 0 Å². The molecule has 110 valence electrons. The van der Waals surface area contributed by atoms with Gasteiger partial charge in [-0.05, 0) is 31.0 Å². The van der Waals surface area contributed by atoms with Gasteiger partial charge in [-0.3, -0.25) is 4.79 Å². The van der Waals surface area contributed by atoms with Crippen molar-refractivity contribution in [3.05, 3.63) is 28.7 Å². The van der Waals surface area contributed by atoms with Gasteiger partial charge in [0.05, 0.1) is 19.3 Å². The largest absolute Gasteiger partial charge is 0.377 e. The zero-order valence-electron chi connectivity index (χ0n) is 11.5. The fourth-order valence-electron chi connectivity index (χ4n) is 2.33. The number of rotatable bonds is 7. The topological polar surface area (TPSA) is 50.4 Å². The number of carbonyl (C=O) groups is 1. The van der Waals surface area contributed by atoms with Gasteiger partial charge in [-0.25, -0.2) is 0 Å². The summed E-state index contributed by atoms with van der Waals surface area (Å²) < 4.78 is 6.67. The molecule has 1 amide bonds. The highest BCUT2D eigenvalue weighted by atomic mass is 79.9. The van der Waals surface area contributed by atoms with Crippen LogP contribution >= 0.6 is 15.9 Å². The van der Waals surface area contributed by atoms with Gasteiger partial charge in [0, 0.05) is 16.7 Å². The lowest BCUT2D eigenvalue weighted by Crippen LogP contribution is -2.31. The molecule has 5 heteroatoms.